The number of anilines is 1. The predicted octanol–water partition coefficient (Wildman–Crippen LogP) is 1.20. The Morgan fingerprint density at radius 3 is 2.69 bits per heavy atom. The Morgan fingerprint density at radius 2 is 2.23 bits per heavy atom. The van der Waals surface area contributed by atoms with Crippen LogP contribution in [0, 0.1) is 0 Å². The molecule has 0 N–H and O–H groups in total. The van der Waals surface area contributed by atoms with Gasteiger partial charge in [-0.15, -0.1) is 0 Å². The third-order valence-corrected chi connectivity index (χ3v) is 4.56. The molecule has 0 bridgehead atoms. The van der Waals surface area contributed by atoms with Gasteiger partial charge in [-0.3, -0.25) is 4.31 Å². The van der Waals surface area contributed by atoms with Gasteiger partial charge in [-0.1, -0.05) is 22.0 Å². The lowest BCUT2D eigenvalue weighted by Gasteiger charge is -2.15. The van der Waals surface area contributed by atoms with Gasteiger partial charge >= 0.3 is 0 Å². The second-order valence-electron chi connectivity index (χ2n) is 2.38. The minimum absolute atomic E-state index is 0.104. The molecule has 0 atom stereocenters. The summed E-state index contributed by atoms with van der Waals surface area (Å²) in [6.45, 7) is 0. The molecule has 0 fully saturated rings. The standard InChI is InChI=1S/C7H9BrN2O2S/c1-10(13(11,12)6-8)7-4-2-3-5-9-7/h2-5H,6H2,1H3. The number of alkyl halides is 1. The van der Waals surface area contributed by atoms with Gasteiger partial charge < -0.3 is 0 Å². The van der Waals surface area contributed by atoms with Gasteiger partial charge in [0.25, 0.3) is 0 Å². The van der Waals surface area contributed by atoms with Gasteiger partial charge in [0, 0.05) is 13.2 Å². The number of hydrogen-bond acceptors (Lipinski definition) is 3. The van der Waals surface area contributed by atoms with E-state index in [2.05, 4.69) is 20.9 Å². The topological polar surface area (TPSA) is 50.3 Å². The van der Waals surface area contributed by atoms with Crippen molar-refractivity contribution in [3.8, 4) is 0 Å². The summed E-state index contributed by atoms with van der Waals surface area (Å²) in [6.07, 6.45) is 1.55. The van der Waals surface area contributed by atoms with Gasteiger partial charge in [0.2, 0.25) is 10.0 Å². The van der Waals surface area contributed by atoms with E-state index >= 15 is 0 Å². The van der Waals surface area contributed by atoms with Crippen molar-refractivity contribution in [2.24, 2.45) is 0 Å². The quantitative estimate of drug-likeness (QED) is 0.771. The number of sulfonamides is 1. The van der Waals surface area contributed by atoms with Crippen LogP contribution in [-0.2, 0) is 10.0 Å². The van der Waals surface area contributed by atoms with Crippen LogP contribution >= 0.6 is 15.9 Å². The number of pyridine rings is 1. The van der Waals surface area contributed by atoms with E-state index in [1.54, 1.807) is 24.4 Å². The Kier molecular flexibility index (Phi) is 3.27. The van der Waals surface area contributed by atoms with Crippen molar-refractivity contribution in [1.82, 2.24) is 4.98 Å². The molecular formula is C7H9BrN2O2S. The monoisotopic (exact) mass is 264 g/mol. The van der Waals surface area contributed by atoms with Crippen molar-refractivity contribution in [3.63, 3.8) is 0 Å². The maximum atomic E-state index is 11.3. The maximum absolute atomic E-state index is 11.3. The van der Waals surface area contributed by atoms with Crippen LogP contribution in [0.1, 0.15) is 0 Å². The lowest BCUT2D eigenvalue weighted by atomic mass is 10.5. The zero-order valence-corrected chi connectivity index (χ0v) is 9.42. The Labute approximate surface area is 85.8 Å². The first-order valence-electron chi connectivity index (χ1n) is 3.51. The fourth-order valence-corrected chi connectivity index (χ4v) is 2.22. The maximum Gasteiger partial charge on any atom is 0.246 e. The first-order chi connectivity index (χ1) is 6.08. The minimum atomic E-state index is -3.26. The fourth-order valence-electron chi connectivity index (χ4n) is 0.756. The molecule has 0 aliphatic carbocycles. The van der Waals surface area contributed by atoms with Crippen LogP contribution in [0.3, 0.4) is 0 Å². The summed E-state index contributed by atoms with van der Waals surface area (Å²) in [5.41, 5.74) is 0. The molecular weight excluding hydrogens is 256 g/mol. The third kappa shape index (κ3) is 2.41. The van der Waals surface area contributed by atoms with Crippen molar-refractivity contribution >= 4 is 31.8 Å². The Balaban J connectivity index is 2.99. The Hall–Kier alpha value is -0.620. The molecule has 0 radical (unpaired) electrons. The van der Waals surface area contributed by atoms with Gasteiger partial charge in [0.15, 0.2) is 0 Å². The zero-order chi connectivity index (χ0) is 9.90. The molecule has 0 aliphatic rings. The molecule has 0 unspecified atom stereocenters. The molecule has 6 heteroatoms. The summed E-state index contributed by atoms with van der Waals surface area (Å²) in [4.78, 5) is 3.92. The lowest BCUT2D eigenvalue weighted by molar-refractivity contribution is 0.599. The van der Waals surface area contributed by atoms with E-state index < -0.39 is 10.0 Å². The van der Waals surface area contributed by atoms with Crippen molar-refractivity contribution in [1.29, 1.82) is 0 Å². The van der Waals surface area contributed by atoms with E-state index in [0.717, 1.165) is 4.31 Å². The van der Waals surface area contributed by atoms with Crippen molar-refractivity contribution in [2.45, 2.75) is 0 Å². The molecule has 0 aliphatic heterocycles. The first kappa shape index (κ1) is 10.5. The van der Waals surface area contributed by atoms with Crippen molar-refractivity contribution < 1.29 is 8.42 Å². The molecule has 0 saturated heterocycles. The van der Waals surface area contributed by atoms with Gasteiger partial charge in [-0.25, -0.2) is 13.4 Å². The van der Waals surface area contributed by atoms with Gasteiger partial charge in [-0.05, 0) is 12.1 Å². The molecule has 72 valence electrons. The van der Waals surface area contributed by atoms with Gasteiger partial charge in [-0.2, -0.15) is 0 Å². The van der Waals surface area contributed by atoms with Crippen LogP contribution in [0.15, 0.2) is 24.4 Å². The highest BCUT2D eigenvalue weighted by Gasteiger charge is 2.16. The van der Waals surface area contributed by atoms with Crippen LogP contribution in [0.2, 0.25) is 0 Å². The van der Waals surface area contributed by atoms with E-state index in [9.17, 15) is 8.42 Å². The summed E-state index contributed by atoms with van der Waals surface area (Å²) in [5.74, 6) is 0.418. The molecule has 4 nitrogen and oxygen atoms in total. The summed E-state index contributed by atoms with van der Waals surface area (Å²) in [6, 6.07) is 5.11. The molecule has 0 aromatic carbocycles. The average Bonchev–Trinajstić information content (AvgIpc) is 2.18. The predicted molar refractivity (Wildman–Crippen MR) is 55.4 cm³/mol. The van der Waals surface area contributed by atoms with E-state index in [-0.39, 0.29) is 4.66 Å². The zero-order valence-electron chi connectivity index (χ0n) is 7.01. The average molecular weight is 265 g/mol. The smallest absolute Gasteiger partial charge is 0.246 e. The molecule has 0 spiro atoms. The largest absolute Gasteiger partial charge is 0.256 e. The summed E-state index contributed by atoms with van der Waals surface area (Å²) in [5, 5.41) is 0. The third-order valence-electron chi connectivity index (χ3n) is 1.53. The van der Waals surface area contributed by atoms with Crippen LogP contribution in [0.4, 0.5) is 5.82 Å². The normalized spacial score (nSPS) is 11.2. The molecule has 0 amide bonds. The van der Waals surface area contributed by atoms with Crippen LogP contribution in [0.5, 0.6) is 0 Å². The SMILES string of the molecule is CN(c1ccccn1)S(=O)(=O)CBr. The number of aromatic nitrogens is 1. The number of hydrogen-bond donors (Lipinski definition) is 0. The second kappa shape index (κ2) is 4.06. The van der Waals surface area contributed by atoms with Crippen LogP contribution < -0.4 is 4.31 Å². The molecule has 1 rings (SSSR count). The Morgan fingerprint density at radius 1 is 1.54 bits per heavy atom. The summed E-state index contributed by atoms with van der Waals surface area (Å²) < 4.78 is 23.7. The molecule has 1 heterocycles. The highest BCUT2D eigenvalue weighted by atomic mass is 79.9. The first-order valence-corrected chi connectivity index (χ1v) is 6.24. The second-order valence-corrected chi connectivity index (χ2v) is 5.68. The van der Waals surface area contributed by atoms with E-state index in [1.165, 1.54) is 7.05 Å². The highest BCUT2D eigenvalue weighted by Crippen LogP contribution is 2.12. The Bertz CT molecular complexity index is 365. The van der Waals surface area contributed by atoms with E-state index in [4.69, 9.17) is 0 Å². The number of halogens is 1. The number of nitrogens with zero attached hydrogens (tertiary/aromatic N) is 2. The highest BCUT2D eigenvalue weighted by molar-refractivity contribution is 9.10. The summed E-state index contributed by atoms with van der Waals surface area (Å²) >= 11 is 2.91. The molecule has 0 saturated carbocycles. The fraction of sp³-hybridized carbons (Fsp3) is 0.286. The van der Waals surface area contributed by atoms with E-state index in [1.807, 2.05) is 0 Å². The van der Waals surface area contributed by atoms with Gasteiger partial charge in [0.1, 0.15) is 10.5 Å². The number of rotatable bonds is 3. The van der Waals surface area contributed by atoms with Crippen molar-refractivity contribution in [2.75, 3.05) is 16.0 Å². The molecule has 1 aromatic rings. The van der Waals surface area contributed by atoms with Crippen LogP contribution in [-0.4, -0.2) is 25.1 Å². The van der Waals surface area contributed by atoms with Crippen molar-refractivity contribution in [3.05, 3.63) is 24.4 Å². The lowest BCUT2D eigenvalue weighted by Crippen LogP contribution is -2.27. The molecule has 1 aromatic heterocycles. The summed E-state index contributed by atoms with van der Waals surface area (Å²) in [7, 11) is -1.79. The van der Waals surface area contributed by atoms with Crippen LogP contribution in [0.25, 0.3) is 0 Å². The molecule has 13 heavy (non-hydrogen) atoms. The van der Waals surface area contributed by atoms with Gasteiger partial charge in [0.05, 0.1) is 0 Å². The minimum Gasteiger partial charge on any atom is -0.256 e. The van der Waals surface area contributed by atoms with E-state index in [0.29, 0.717) is 5.82 Å².